The minimum atomic E-state index is -0.466. The van der Waals surface area contributed by atoms with Gasteiger partial charge in [-0.1, -0.05) is 23.8 Å². The number of allylic oxidation sites excluding steroid dienone is 1. The van der Waals surface area contributed by atoms with Gasteiger partial charge in [0.2, 0.25) is 12.6 Å². The van der Waals surface area contributed by atoms with Crippen LogP contribution in [0.1, 0.15) is 37.4 Å². The molecule has 3 aromatic carbocycles. The molecule has 0 bridgehead atoms. The van der Waals surface area contributed by atoms with Crippen LogP contribution in [0, 0.1) is 13.8 Å². The Labute approximate surface area is 178 Å². The van der Waals surface area contributed by atoms with Crippen LogP contribution < -0.4 is 18.9 Å². The van der Waals surface area contributed by atoms with E-state index in [1.54, 1.807) is 55.5 Å². The lowest BCUT2D eigenvalue weighted by atomic mass is 10.1. The number of hydrogen-bond donors (Lipinski definition) is 0. The van der Waals surface area contributed by atoms with Crippen LogP contribution in [-0.2, 0) is 0 Å². The fourth-order valence-electron chi connectivity index (χ4n) is 3.56. The number of ether oxygens (including phenoxy) is 4. The van der Waals surface area contributed by atoms with Crippen molar-refractivity contribution in [2.24, 2.45) is 0 Å². The molecule has 154 valence electrons. The second kappa shape index (κ2) is 7.32. The Morgan fingerprint density at radius 1 is 1.00 bits per heavy atom. The molecule has 0 N–H and O–H groups in total. The summed E-state index contributed by atoms with van der Waals surface area (Å²) in [4.78, 5) is 25.3. The third kappa shape index (κ3) is 3.42. The Balaban J connectivity index is 1.41. The number of carbonyl (C=O) groups is 2. The SMILES string of the molecule is Cc1cccc(C(=O)Oc2ccc3c(c2C)O/C(=C\c2ccc4c(c2)OCO4)C3=O)c1. The van der Waals surface area contributed by atoms with Gasteiger partial charge in [-0.15, -0.1) is 0 Å². The van der Waals surface area contributed by atoms with Gasteiger partial charge in [0.25, 0.3) is 0 Å². The molecule has 0 radical (unpaired) electrons. The minimum absolute atomic E-state index is 0.180. The third-order valence-corrected chi connectivity index (χ3v) is 5.19. The molecule has 0 saturated carbocycles. The molecule has 31 heavy (non-hydrogen) atoms. The standard InChI is InChI=1S/C25H18O6/c1-14-4-3-5-17(10-14)25(27)31-19-9-7-18-23(26)22(30-24(18)15(19)2)12-16-6-8-20-21(11-16)29-13-28-20/h3-12H,13H2,1-2H3/b22-12-. The molecule has 3 aromatic rings. The molecule has 2 heterocycles. The van der Waals surface area contributed by atoms with Gasteiger partial charge in [0.1, 0.15) is 11.5 Å². The van der Waals surface area contributed by atoms with Crippen LogP contribution in [0.15, 0.2) is 60.4 Å². The van der Waals surface area contributed by atoms with Crippen molar-refractivity contribution in [2.75, 3.05) is 6.79 Å². The number of benzene rings is 3. The summed E-state index contributed by atoms with van der Waals surface area (Å²) in [6, 6.07) is 15.8. The van der Waals surface area contributed by atoms with Crippen molar-refractivity contribution in [3.63, 3.8) is 0 Å². The van der Waals surface area contributed by atoms with E-state index in [0.717, 1.165) is 11.1 Å². The van der Waals surface area contributed by atoms with Gasteiger partial charge in [0.05, 0.1) is 11.1 Å². The number of rotatable bonds is 3. The normalized spacial score (nSPS) is 15.0. The van der Waals surface area contributed by atoms with E-state index >= 15 is 0 Å². The zero-order valence-corrected chi connectivity index (χ0v) is 16.9. The van der Waals surface area contributed by atoms with Crippen LogP contribution in [-0.4, -0.2) is 18.5 Å². The van der Waals surface area contributed by atoms with Crippen molar-refractivity contribution in [1.82, 2.24) is 0 Å². The topological polar surface area (TPSA) is 71.1 Å². The molecule has 6 nitrogen and oxygen atoms in total. The predicted molar refractivity (Wildman–Crippen MR) is 113 cm³/mol. The Morgan fingerprint density at radius 2 is 1.84 bits per heavy atom. The first-order valence-electron chi connectivity index (χ1n) is 9.76. The zero-order chi connectivity index (χ0) is 21.5. The van der Waals surface area contributed by atoms with Crippen molar-refractivity contribution in [3.05, 3.63) is 88.2 Å². The van der Waals surface area contributed by atoms with Crippen LogP contribution in [0.25, 0.3) is 6.08 Å². The monoisotopic (exact) mass is 414 g/mol. The second-order valence-corrected chi connectivity index (χ2v) is 7.38. The van der Waals surface area contributed by atoms with Gasteiger partial charge in [-0.05, 0) is 61.9 Å². The lowest BCUT2D eigenvalue weighted by Gasteiger charge is -2.10. The molecule has 0 amide bonds. The van der Waals surface area contributed by atoms with E-state index in [0.29, 0.717) is 39.7 Å². The molecule has 0 fully saturated rings. The molecule has 0 unspecified atom stereocenters. The van der Waals surface area contributed by atoms with Crippen molar-refractivity contribution in [3.8, 4) is 23.0 Å². The second-order valence-electron chi connectivity index (χ2n) is 7.38. The summed E-state index contributed by atoms with van der Waals surface area (Å²) < 4.78 is 22.1. The van der Waals surface area contributed by atoms with Crippen LogP contribution >= 0.6 is 0 Å². The number of fused-ring (bicyclic) bond motifs is 2. The highest BCUT2D eigenvalue weighted by Crippen LogP contribution is 2.40. The average Bonchev–Trinajstić information content (AvgIpc) is 3.35. The summed E-state index contributed by atoms with van der Waals surface area (Å²) in [6.07, 6.45) is 1.65. The molecular weight excluding hydrogens is 396 g/mol. The van der Waals surface area contributed by atoms with E-state index in [4.69, 9.17) is 18.9 Å². The van der Waals surface area contributed by atoms with E-state index in [2.05, 4.69) is 0 Å². The molecule has 6 heteroatoms. The van der Waals surface area contributed by atoms with E-state index in [1.165, 1.54) is 0 Å². The summed E-state index contributed by atoms with van der Waals surface area (Å²) in [7, 11) is 0. The van der Waals surface area contributed by atoms with Gasteiger partial charge in [-0.3, -0.25) is 4.79 Å². The highest BCUT2D eigenvalue weighted by molar-refractivity contribution is 6.15. The smallest absolute Gasteiger partial charge is 0.343 e. The lowest BCUT2D eigenvalue weighted by molar-refractivity contribution is 0.0733. The number of aryl methyl sites for hydroxylation is 1. The summed E-state index contributed by atoms with van der Waals surface area (Å²) in [5.74, 6) is 1.53. The Bertz CT molecular complexity index is 1270. The fourth-order valence-corrected chi connectivity index (χ4v) is 3.56. The summed E-state index contributed by atoms with van der Waals surface area (Å²) >= 11 is 0. The Hall–Kier alpha value is -4.06. The first kappa shape index (κ1) is 18.9. The van der Waals surface area contributed by atoms with Crippen LogP contribution in [0.2, 0.25) is 0 Å². The van der Waals surface area contributed by atoms with Crippen molar-refractivity contribution in [1.29, 1.82) is 0 Å². The van der Waals surface area contributed by atoms with E-state index in [9.17, 15) is 9.59 Å². The quantitative estimate of drug-likeness (QED) is 0.346. The van der Waals surface area contributed by atoms with E-state index in [-0.39, 0.29) is 18.3 Å². The molecule has 2 aliphatic heterocycles. The molecular formula is C25H18O6. The van der Waals surface area contributed by atoms with Gasteiger partial charge in [0, 0.05) is 5.56 Å². The van der Waals surface area contributed by atoms with Gasteiger partial charge in [-0.2, -0.15) is 0 Å². The number of hydrogen-bond acceptors (Lipinski definition) is 6. The molecule has 2 aliphatic rings. The summed E-state index contributed by atoms with van der Waals surface area (Å²) in [6.45, 7) is 3.85. The number of ketones is 1. The average molecular weight is 414 g/mol. The maximum atomic E-state index is 12.8. The highest BCUT2D eigenvalue weighted by Gasteiger charge is 2.31. The molecule has 5 rings (SSSR count). The lowest BCUT2D eigenvalue weighted by Crippen LogP contribution is -2.09. The van der Waals surface area contributed by atoms with Gasteiger partial charge < -0.3 is 18.9 Å². The Kier molecular flexibility index (Phi) is 4.47. The Morgan fingerprint density at radius 3 is 2.68 bits per heavy atom. The predicted octanol–water partition coefficient (Wildman–Crippen LogP) is 4.87. The van der Waals surface area contributed by atoms with Gasteiger partial charge in [0.15, 0.2) is 17.3 Å². The third-order valence-electron chi connectivity index (χ3n) is 5.19. The number of Topliss-reactive ketones (excluding diaryl/α,β-unsaturated/α-hetero) is 1. The summed E-state index contributed by atoms with van der Waals surface area (Å²) in [5.41, 5.74) is 3.19. The first-order chi connectivity index (χ1) is 15.0. The zero-order valence-electron chi connectivity index (χ0n) is 16.9. The largest absolute Gasteiger partial charge is 0.454 e. The van der Waals surface area contributed by atoms with Crippen molar-refractivity contribution < 1.29 is 28.5 Å². The highest BCUT2D eigenvalue weighted by atomic mass is 16.7. The molecule has 0 atom stereocenters. The van der Waals surface area contributed by atoms with Crippen LogP contribution in [0.4, 0.5) is 0 Å². The van der Waals surface area contributed by atoms with Gasteiger partial charge >= 0.3 is 5.97 Å². The maximum Gasteiger partial charge on any atom is 0.343 e. The number of esters is 1. The van der Waals surface area contributed by atoms with Gasteiger partial charge in [-0.25, -0.2) is 4.79 Å². The molecule has 0 aliphatic carbocycles. The first-order valence-corrected chi connectivity index (χ1v) is 9.76. The van der Waals surface area contributed by atoms with E-state index in [1.807, 2.05) is 19.1 Å². The molecule has 0 spiro atoms. The molecule has 0 saturated heterocycles. The van der Waals surface area contributed by atoms with E-state index < -0.39 is 5.97 Å². The van der Waals surface area contributed by atoms with Crippen LogP contribution in [0.3, 0.4) is 0 Å². The maximum absolute atomic E-state index is 12.8. The molecule has 0 aromatic heterocycles. The van der Waals surface area contributed by atoms with Crippen molar-refractivity contribution >= 4 is 17.8 Å². The van der Waals surface area contributed by atoms with Crippen LogP contribution in [0.5, 0.6) is 23.0 Å². The summed E-state index contributed by atoms with van der Waals surface area (Å²) in [5, 5.41) is 0. The minimum Gasteiger partial charge on any atom is -0.454 e. The number of carbonyl (C=O) groups excluding carboxylic acids is 2. The van der Waals surface area contributed by atoms with Crippen molar-refractivity contribution in [2.45, 2.75) is 13.8 Å². The fraction of sp³-hybridized carbons (Fsp3) is 0.120.